The maximum absolute atomic E-state index is 12.2. The van der Waals surface area contributed by atoms with Gasteiger partial charge in [0.25, 0.3) is 11.5 Å². The van der Waals surface area contributed by atoms with Crippen molar-refractivity contribution in [3.8, 4) is 5.75 Å². The summed E-state index contributed by atoms with van der Waals surface area (Å²) in [4.78, 5) is 24.1. The zero-order valence-electron chi connectivity index (χ0n) is 12.4. The highest BCUT2D eigenvalue weighted by molar-refractivity contribution is 9.10. The molecule has 5 nitrogen and oxygen atoms in total. The fraction of sp³-hybridized carbons (Fsp3) is 0.250. The van der Waals surface area contributed by atoms with Crippen molar-refractivity contribution in [2.24, 2.45) is 7.05 Å². The molecule has 0 unspecified atom stereocenters. The van der Waals surface area contributed by atoms with E-state index in [0.717, 1.165) is 10.0 Å². The van der Waals surface area contributed by atoms with Crippen LogP contribution in [0.1, 0.15) is 15.9 Å². The third-order valence-corrected chi connectivity index (χ3v) is 3.75. The first-order valence-corrected chi connectivity index (χ1v) is 7.58. The fourth-order valence-electron chi connectivity index (χ4n) is 2.09. The molecule has 6 heteroatoms. The van der Waals surface area contributed by atoms with Crippen LogP contribution in [-0.4, -0.2) is 24.1 Å². The van der Waals surface area contributed by atoms with Crippen molar-refractivity contribution in [2.75, 3.05) is 13.7 Å². The molecule has 0 fully saturated rings. The zero-order valence-corrected chi connectivity index (χ0v) is 14.0. The number of nitrogens with one attached hydrogen (secondary N) is 1. The molecular weight excluding hydrogens is 348 g/mol. The van der Waals surface area contributed by atoms with Gasteiger partial charge in [-0.05, 0) is 30.2 Å². The number of hydrogen-bond acceptors (Lipinski definition) is 3. The lowest BCUT2D eigenvalue weighted by Gasteiger charge is -2.10. The van der Waals surface area contributed by atoms with E-state index in [1.165, 1.54) is 11.7 Å². The number of methoxy groups -OCH3 is 1. The zero-order chi connectivity index (χ0) is 16.1. The van der Waals surface area contributed by atoms with E-state index in [1.807, 2.05) is 24.3 Å². The predicted octanol–water partition coefficient (Wildman–Crippen LogP) is 2.13. The van der Waals surface area contributed by atoms with E-state index in [2.05, 4.69) is 21.2 Å². The average Bonchev–Trinajstić information content (AvgIpc) is 2.49. The van der Waals surface area contributed by atoms with E-state index in [4.69, 9.17) is 4.74 Å². The Morgan fingerprint density at radius 1 is 1.36 bits per heavy atom. The third-order valence-electron chi connectivity index (χ3n) is 3.26. The van der Waals surface area contributed by atoms with E-state index < -0.39 is 0 Å². The Bertz CT molecular complexity index is 740. The minimum Gasteiger partial charge on any atom is -0.491 e. The van der Waals surface area contributed by atoms with Gasteiger partial charge in [-0.1, -0.05) is 28.1 Å². The molecule has 1 aromatic heterocycles. The summed E-state index contributed by atoms with van der Waals surface area (Å²) in [6, 6.07) is 9.48. The molecule has 22 heavy (non-hydrogen) atoms. The third kappa shape index (κ3) is 3.76. The summed E-state index contributed by atoms with van der Waals surface area (Å²) in [5, 5.41) is 2.81. The second kappa shape index (κ2) is 7.26. The van der Waals surface area contributed by atoms with Crippen molar-refractivity contribution in [2.45, 2.75) is 6.42 Å². The lowest BCUT2D eigenvalue weighted by molar-refractivity contribution is 0.0950. The molecule has 1 heterocycles. The first kappa shape index (κ1) is 16.3. The van der Waals surface area contributed by atoms with Crippen molar-refractivity contribution in [3.05, 3.63) is 62.5 Å². The molecule has 0 bridgehead atoms. The molecule has 2 rings (SSSR count). The Hall–Kier alpha value is -2.08. The lowest BCUT2D eigenvalue weighted by atomic mass is 10.1. The average molecular weight is 365 g/mol. The topological polar surface area (TPSA) is 60.3 Å². The van der Waals surface area contributed by atoms with Gasteiger partial charge in [0.1, 0.15) is 0 Å². The maximum atomic E-state index is 12.2. The van der Waals surface area contributed by atoms with Crippen LogP contribution in [0.5, 0.6) is 5.75 Å². The first-order valence-electron chi connectivity index (χ1n) is 6.79. The van der Waals surface area contributed by atoms with Gasteiger partial charge in [-0.15, -0.1) is 0 Å². The molecule has 0 aliphatic heterocycles. The number of aromatic nitrogens is 1. The SMILES string of the molecule is COc1c(C(=O)NCCc2cccc(Br)c2)ccn(C)c1=O. The molecule has 0 atom stereocenters. The smallest absolute Gasteiger partial charge is 0.293 e. The van der Waals surface area contributed by atoms with Crippen LogP contribution in [0.3, 0.4) is 0 Å². The number of pyridine rings is 1. The van der Waals surface area contributed by atoms with E-state index in [1.54, 1.807) is 19.3 Å². The lowest BCUT2D eigenvalue weighted by Crippen LogP contribution is -2.29. The molecule has 116 valence electrons. The second-order valence-electron chi connectivity index (χ2n) is 4.81. The van der Waals surface area contributed by atoms with Crippen molar-refractivity contribution >= 4 is 21.8 Å². The standard InChI is InChI=1S/C16H17BrN2O3/c1-19-9-7-13(14(22-2)16(19)21)15(20)18-8-6-11-4-3-5-12(17)10-11/h3-5,7,9-10H,6,8H2,1-2H3,(H,18,20). The van der Waals surface area contributed by atoms with Crippen LogP contribution in [0, 0.1) is 0 Å². The van der Waals surface area contributed by atoms with E-state index in [0.29, 0.717) is 13.0 Å². The van der Waals surface area contributed by atoms with E-state index in [-0.39, 0.29) is 22.8 Å². The van der Waals surface area contributed by atoms with Gasteiger partial charge in [-0.3, -0.25) is 9.59 Å². The molecule has 0 radical (unpaired) electrons. The van der Waals surface area contributed by atoms with Gasteiger partial charge in [0.2, 0.25) is 0 Å². The molecule has 0 saturated heterocycles. The van der Waals surface area contributed by atoms with Crippen LogP contribution < -0.4 is 15.6 Å². The van der Waals surface area contributed by atoms with E-state index in [9.17, 15) is 9.59 Å². The number of nitrogens with zero attached hydrogens (tertiary/aromatic N) is 1. The van der Waals surface area contributed by atoms with Crippen LogP contribution >= 0.6 is 15.9 Å². The largest absolute Gasteiger partial charge is 0.491 e. The predicted molar refractivity (Wildman–Crippen MR) is 88.4 cm³/mol. The highest BCUT2D eigenvalue weighted by atomic mass is 79.9. The summed E-state index contributed by atoms with van der Waals surface area (Å²) >= 11 is 3.41. The van der Waals surface area contributed by atoms with Crippen LogP contribution in [0.4, 0.5) is 0 Å². The Morgan fingerprint density at radius 2 is 2.14 bits per heavy atom. The number of amides is 1. The van der Waals surface area contributed by atoms with Crippen molar-refractivity contribution in [1.82, 2.24) is 9.88 Å². The minimum atomic E-state index is -0.331. The summed E-state index contributed by atoms with van der Waals surface area (Å²) in [6.45, 7) is 0.480. The number of rotatable bonds is 5. The summed E-state index contributed by atoms with van der Waals surface area (Å²) < 4.78 is 7.43. The van der Waals surface area contributed by atoms with Crippen LogP contribution in [0.25, 0.3) is 0 Å². The molecule has 0 spiro atoms. The number of aryl methyl sites for hydroxylation is 1. The molecule has 1 N–H and O–H groups in total. The second-order valence-corrected chi connectivity index (χ2v) is 5.73. The number of hydrogen-bond donors (Lipinski definition) is 1. The molecule has 1 aromatic carbocycles. The normalized spacial score (nSPS) is 10.3. The van der Waals surface area contributed by atoms with Crippen molar-refractivity contribution < 1.29 is 9.53 Å². The molecule has 1 amide bonds. The molecule has 0 aliphatic rings. The van der Waals surface area contributed by atoms with Crippen LogP contribution in [0.15, 0.2) is 45.8 Å². The Morgan fingerprint density at radius 3 is 2.82 bits per heavy atom. The number of carbonyl (C=O) groups excluding carboxylic acids is 1. The number of halogens is 1. The van der Waals surface area contributed by atoms with Gasteiger partial charge in [0.05, 0.1) is 12.7 Å². The Labute approximate surface area is 137 Å². The Kier molecular flexibility index (Phi) is 5.38. The molecular formula is C16H17BrN2O3. The summed E-state index contributed by atoms with van der Waals surface area (Å²) in [5.74, 6) is -0.255. The number of ether oxygens (including phenoxy) is 1. The number of carbonyl (C=O) groups is 1. The minimum absolute atomic E-state index is 0.0601. The summed E-state index contributed by atoms with van der Waals surface area (Å²) in [5.41, 5.74) is 1.03. The maximum Gasteiger partial charge on any atom is 0.293 e. The molecule has 0 aliphatic carbocycles. The number of benzene rings is 1. The fourth-order valence-corrected chi connectivity index (χ4v) is 2.54. The monoisotopic (exact) mass is 364 g/mol. The highest BCUT2D eigenvalue weighted by Crippen LogP contribution is 2.13. The van der Waals surface area contributed by atoms with Gasteiger partial charge in [-0.25, -0.2) is 0 Å². The van der Waals surface area contributed by atoms with Gasteiger partial charge < -0.3 is 14.6 Å². The van der Waals surface area contributed by atoms with Crippen LogP contribution in [-0.2, 0) is 13.5 Å². The van der Waals surface area contributed by atoms with Gasteiger partial charge >= 0.3 is 0 Å². The van der Waals surface area contributed by atoms with Crippen molar-refractivity contribution in [3.63, 3.8) is 0 Å². The Balaban J connectivity index is 2.04. The van der Waals surface area contributed by atoms with Gasteiger partial charge in [0, 0.05) is 24.3 Å². The summed E-state index contributed by atoms with van der Waals surface area (Å²) in [6.07, 6.45) is 2.26. The van der Waals surface area contributed by atoms with Crippen LogP contribution in [0.2, 0.25) is 0 Å². The summed E-state index contributed by atoms with van der Waals surface area (Å²) in [7, 11) is 2.99. The van der Waals surface area contributed by atoms with Gasteiger partial charge in [-0.2, -0.15) is 0 Å². The quantitative estimate of drug-likeness (QED) is 0.883. The van der Waals surface area contributed by atoms with Gasteiger partial charge in [0.15, 0.2) is 5.75 Å². The van der Waals surface area contributed by atoms with E-state index >= 15 is 0 Å². The van der Waals surface area contributed by atoms with Crippen molar-refractivity contribution in [1.29, 1.82) is 0 Å². The molecule has 2 aromatic rings. The first-order chi connectivity index (χ1) is 10.5. The highest BCUT2D eigenvalue weighted by Gasteiger charge is 2.15. The molecule has 0 saturated carbocycles.